The number of pyridine rings is 1. The van der Waals surface area contributed by atoms with E-state index in [9.17, 15) is 14.4 Å². The Kier molecular flexibility index (Phi) is 5.73. The van der Waals surface area contributed by atoms with Crippen LogP contribution in [-0.2, 0) is 16.0 Å². The smallest absolute Gasteiger partial charge is 0.268 e. The van der Waals surface area contributed by atoms with Crippen LogP contribution in [0.1, 0.15) is 29.8 Å². The largest absolute Gasteiger partial charge is 0.479 e. The molecule has 2 heterocycles. The van der Waals surface area contributed by atoms with Gasteiger partial charge < -0.3 is 9.64 Å². The Hall–Kier alpha value is -3.22. The van der Waals surface area contributed by atoms with Crippen LogP contribution in [0.15, 0.2) is 42.7 Å². The van der Waals surface area contributed by atoms with Crippen molar-refractivity contribution in [1.82, 2.24) is 9.88 Å². The summed E-state index contributed by atoms with van der Waals surface area (Å²) < 4.78 is 5.62. The van der Waals surface area contributed by atoms with E-state index in [1.807, 2.05) is 12.1 Å². The zero-order valence-electron chi connectivity index (χ0n) is 16.2. The predicted molar refractivity (Wildman–Crippen MR) is 104 cm³/mol. The van der Waals surface area contributed by atoms with Crippen molar-refractivity contribution in [3.8, 4) is 5.75 Å². The van der Waals surface area contributed by atoms with Crippen LogP contribution in [0.2, 0.25) is 0 Å². The highest BCUT2D eigenvalue weighted by Gasteiger charge is 2.33. The molecule has 0 bridgehead atoms. The molecular formula is C21H23N3O4. The number of ketones is 1. The molecule has 1 atom stereocenters. The number of carbonyl (C=O) groups excluding carboxylic acids is 3. The van der Waals surface area contributed by atoms with E-state index in [0.29, 0.717) is 30.0 Å². The quantitative estimate of drug-likeness (QED) is 0.716. The third-order valence-corrected chi connectivity index (χ3v) is 4.78. The monoisotopic (exact) mass is 381 g/mol. The lowest BCUT2D eigenvalue weighted by atomic mass is 10.1. The zero-order chi connectivity index (χ0) is 20.3. The maximum atomic E-state index is 12.7. The number of carbonyl (C=O) groups is 3. The van der Waals surface area contributed by atoms with E-state index in [-0.39, 0.29) is 24.1 Å². The highest BCUT2D eigenvalue weighted by atomic mass is 16.5. The Labute approximate surface area is 163 Å². The average Bonchev–Trinajstić information content (AvgIpc) is 2.69. The molecular weight excluding hydrogens is 358 g/mol. The number of rotatable bonds is 6. The van der Waals surface area contributed by atoms with E-state index in [1.165, 1.54) is 11.8 Å². The number of likely N-dealkylation sites (N-methyl/N-ethyl adjacent to an activating group) is 1. The molecule has 0 saturated carbocycles. The summed E-state index contributed by atoms with van der Waals surface area (Å²) >= 11 is 0. The fraction of sp³-hybridized carbons (Fsp3) is 0.333. The number of ether oxygens (including phenoxy) is 1. The number of Topliss-reactive ketones (excluding diaryl/α,β-unsaturated/α-hetero) is 1. The lowest BCUT2D eigenvalue weighted by Gasteiger charge is -2.33. The molecule has 7 heteroatoms. The Bertz CT molecular complexity index is 898. The molecule has 146 valence electrons. The third kappa shape index (κ3) is 4.19. The first-order valence-corrected chi connectivity index (χ1v) is 9.12. The summed E-state index contributed by atoms with van der Waals surface area (Å²) in [6.07, 6.45) is 3.44. The molecule has 0 aliphatic carbocycles. The van der Waals surface area contributed by atoms with Crippen molar-refractivity contribution in [2.45, 2.75) is 26.4 Å². The van der Waals surface area contributed by atoms with Crippen molar-refractivity contribution in [2.75, 3.05) is 25.0 Å². The van der Waals surface area contributed by atoms with Crippen molar-refractivity contribution in [3.63, 3.8) is 0 Å². The van der Waals surface area contributed by atoms with Crippen LogP contribution in [0.25, 0.3) is 0 Å². The van der Waals surface area contributed by atoms with Gasteiger partial charge in [-0.25, -0.2) is 0 Å². The molecule has 3 rings (SSSR count). The highest BCUT2D eigenvalue weighted by Crippen LogP contribution is 2.35. The third-order valence-electron chi connectivity index (χ3n) is 4.78. The summed E-state index contributed by atoms with van der Waals surface area (Å²) in [5.41, 5.74) is 2.00. The highest BCUT2D eigenvalue weighted by molar-refractivity contribution is 6.05. The summed E-state index contributed by atoms with van der Waals surface area (Å²) in [5, 5.41) is 0. The van der Waals surface area contributed by atoms with E-state index in [2.05, 4.69) is 4.98 Å². The average molecular weight is 381 g/mol. The molecule has 0 saturated heterocycles. The van der Waals surface area contributed by atoms with E-state index in [4.69, 9.17) is 4.74 Å². The lowest BCUT2D eigenvalue weighted by Crippen LogP contribution is -2.49. The zero-order valence-corrected chi connectivity index (χ0v) is 16.2. The van der Waals surface area contributed by atoms with Crippen LogP contribution in [0.4, 0.5) is 5.69 Å². The molecule has 1 aliphatic rings. The number of hydrogen-bond donors (Lipinski definition) is 0. The minimum absolute atomic E-state index is 0.103. The second-order valence-corrected chi connectivity index (χ2v) is 6.84. The van der Waals surface area contributed by atoms with E-state index < -0.39 is 6.10 Å². The van der Waals surface area contributed by atoms with Gasteiger partial charge in [-0.05, 0) is 56.2 Å². The number of hydrogen-bond acceptors (Lipinski definition) is 5. The molecule has 0 N–H and O–H groups in total. The molecule has 0 spiro atoms. The fourth-order valence-corrected chi connectivity index (χ4v) is 3.02. The fourth-order valence-electron chi connectivity index (χ4n) is 3.02. The van der Waals surface area contributed by atoms with Crippen LogP contribution < -0.4 is 9.64 Å². The van der Waals surface area contributed by atoms with Gasteiger partial charge >= 0.3 is 0 Å². The summed E-state index contributed by atoms with van der Waals surface area (Å²) in [4.78, 5) is 44.1. The Morgan fingerprint density at radius 3 is 2.61 bits per heavy atom. The van der Waals surface area contributed by atoms with Crippen LogP contribution in [-0.4, -0.2) is 53.7 Å². The van der Waals surface area contributed by atoms with Crippen LogP contribution >= 0.6 is 0 Å². The number of anilines is 1. The first-order chi connectivity index (χ1) is 13.4. The van der Waals surface area contributed by atoms with Gasteiger partial charge in [0.25, 0.3) is 5.91 Å². The van der Waals surface area contributed by atoms with Gasteiger partial charge in [0, 0.05) is 31.5 Å². The van der Waals surface area contributed by atoms with Crippen molar-refractivity contribution in [3.05, 3.63) is 53.9 Å². The number of fused-ring (bicyclic) bond motifs is 1. The summed E-state index contributed by atoms with van der Waals surface area (Å²) in [7, 11) is 1.71. The maximum absolute atomic E-state index is 12.7. The molecule has 28 heavy (non-hydrogen) atoms. The second kappa shape index (κ2) is 8.21. The molecule has 1 aromatic carbocycles. The minimum Gasteiger partial charge on any atom is -0.479 e. The molecule has 0 radical (unpaired) electrons. The first kappa shape index (κ1) is 19.5. The molecule has 1 unspecified atom stereocenters. The minimum atomic E-state index is -0.689. The van der Waals surface area contributed by atoms with Gasteiger partial charge in [0.1, 0.15) is 12.3 Å². The Balaban J connectivity index is 1.75. The number of benzene rings is 1. The Morgan fingerprint density at radius 2 is 1.93 bits per heavy atom. The van der Waals surface area contributed by atoms with Crippen LogP contribution in [0, 0.1) is 0 Å². The molecule has 1 aromatic heterocycles. The number of nitrogens with zero attached hydrogens (tertiary/aromatic N) is 3. The standard InChI is InChI=1S/C21H23N3O4/c1-14(25)17-4-5-19-18(12-17)24(21(27)15(2)28-19)13-20(26)23(3)11-8-16-6-9-22-10-7-16/h4-7,9-10,12,15H,8,11,13H2,1-3H3. The molecule has 2 amide bonds. The molecule has 7 nitrogen and oxygen atoms in total. The van der Waals surface area contributed by atoms with E-state index in [1.54, 1.807) is 49.5 Å². The molecule has 2 aromatic rings. The van der Waals surface area contributed by atoms with Gasteiger partial charge in [-0.3, -0.25) is 24.3 Å². The van der Waals surface area contributed by atoms with Crippen molar-refractivity contribution < 1.29 is 19.1 Å². The van der Waals surface area contributed by atoms with Gasteiger partial charge in [0.15, 0.2) is 11.9 Å². The van der Waals surface area contributed by atoms with Gasteiger partial charge in [0.2, 0.25) is 5.91 Å². The first-order valence-electron chi connectivity index (χ1n) is 9.12. The predicted octanol–water partition coefficient (Wildman–Crippen LogP) is 2.10. The summed E-state index contributed by atoms with van der Waals surface area (Å²) in [5.74, 6) is -0.112. The lowest BCUT2D eigenvalue weighted by molar-refractivity contribution is -0.132. The van der Waals surface area contributed by atoms with Gasteiger partial charge in [0.05, 0.1) is 5.69 Å². The normalized spacial score (nSPS) is 15.6. The van der Waals surface area contributed by atoms with E-state index in [0.717, 1.165) is 5.56 Å². The van der Waals surface area contributed by atoms with Gasteiger partial charge in [-0.1, -0.05) is 0 Å². The number of aromatic nitrogens is 1. The van der Waals surface area contributed by atoms with E-state index >= 15 is 0 Å². The second-order valence-electron chi connectivity index (χ2n) is 6.84. The maximum Gasteiger partial charge on any atom is 0.268 e. The van der Waals surface area contributed by atoms with Gasteiger partial charge in [-0.15, -0.1) is 0 Å². The van der Waals surface area contributed by atoms with Crippen LogP contribution in [0.3, 0.4) is 0 Å². The molecule has 0 fully saturated rings. The van der Waals surface area contributed by atoms with Crippen LogP contribution in [0.5, 0.6) is 5.75 Å². The SMILES string of the molecule is CC(=O)c1ccc2c(c1)N(CC(=O)N(C)CCc1ccncc1)C(=O)C(C)O2. The van der Waals surface area contributed by atoms with Crippen molar-refractivity contribution >= 4 is 23.3 Å². The van der Waals surface area contributed by atoms with Gasteiger partial charge in [-0.2, -0.15) is 0 Å². The topological polar surface area (TPSA) is 79.8 Å². The van der Waals surface area contributed by atoms with Crippen molar-refractivity contribution in [1.29, 1.82) is 0 Å². The van der Waals surface area contributed by atoms with Crippen molar-refractivity contribution in [2.24, 2.45) is 0 Å². The summed E-state index contributed by atoms with van der Waals surface area (Å²) in [6, 6.07) is 8.74. The number of amides is 2. The Morgan fingerprint density at radius 1 is 1.21 bits per heavy atom. The molecule has 1 aliphatic heterocycles. The summed E-state index contributed by atoms with van der Waals surface area (Å²) in [6.45, 7) is 3.53.